The van der Waals surface area contributed by atoms with Crippen molar-refractivity contribution in [2.75, 3.05) is 19.7 Å². The minimum absolute atomic E-state index is 0. The van der Waals surface area contributed by atoms with Gasteiger partial charge in [-0.15, -0.1) is 24.0 Å². The average molecular weight is 419 g/mol. The van der Waals surface area contributed by atoms with Gasteiger partial charge in [-0.25, -0.2) is 0 Å². The molecule has 0 heterocycles. The maximum absolute atomic E-state index is 5.87. The molecule has 126 valence electrons. The van der Waals surface area contributed by atoms with E-state index in [1.165, 1.54) is 5.56 Å². The van der Waals surface area contributed by atoms with E-state index >= 15 is 0 Å². The second-order valence-corrected chi connectivity index (χ2v) is 5.46. The molecule has 0 saturated carbocycles. The van der Waals surface area contributed by atoms with Crippen molar-refractivity contribution in [3.8, 4) is 0 Å². The van der Waals surface area contributed by atoms with Crippen LogP contribution in [-0.4, -0.2) is 31.8 Å². The molecule has 0 fully saturated rings. The standard InChI is InChI=1S/C17H29N3O.HI/c1-4-21-16(14(2)3)11-13-20-17(18)19-12-10-15-8-6-5-7-9-15;/h5-9,14,16H,4,10-13H2,1-3H3,(H3,18,19,20);1H. The van der Waals surface area contributed by atoms with E-state index in [0.29, 0.717) is 18.4 Å². The van der Waals surface area contributed by atoms with Crippen LogP contribution in [0.25, 0.3) is 0 Å². The van der Waals surface area contributed by atoms with Gasteiger partial charge in [0.05, 0.1) is 6.10 Å². The van der Waals surface area contributed by atoms with Gasteiger partial charge in [0.1, 0.15) is 0 Å². The molecule has 0 aromatic heterocycles. The van der Waals surface area contributed by atoms with Gasteiger partial charge >= 0.3 is 0 Å². The van der Waals surface area contributed by atoms with Gasteiger partial charge in [-0.2, -0.15) is 0 Å². The molecule has 1 aromatic rings. The van der Waals surface area contributed by atoms with E-state index < -0.39 is 0 Å². The molecule has 1 aromatic carbocycles. The van der Waals surface area contributed by atoms with Crippen LogP contribution < -0.4 is 11.1 Å². The lowest BCUT2D eigenvalue weighted by atomic mass is 10.0. The Morgan fingerprint density at radius 3 is 2.55 bits per heavy atom. The fourth-order valence-corrected chi connectivity index (χ4v) is 2.17. The van der Waals surface area contributed by atoms with Crippen molar-refractivity contribution in [1.82, 2.24) is 5.32 Å². The first-order valence-electron chi connectivity index (χ1n) is 7.82. The van der Waals surface area contributed by atoms with Gasteiger partial charge < -0.3 is 15.8 Å². The van der Waals surface area contributed by atoms with Crippen molar-refractivity contribution in [3.05, 3.63) is 35.9 Å². The number of nitrogens with two attached hydrogens (primary N) is 1. The van der Waals surface area contributed by atoms with Crippen molar-refractivity contribution in [3.63, 3.8) is 0 Å². The van der Waals surface area contributed by atoms with Crippen molar-refractivity contribution >= 4 is 29.9 Å². The predicted octanol–water partition coefficient (Wildman–Crippen LogP) is 3.20. The normalized spacial score (nSPS) is 12.8. The Kier molecular flexibility index (Phi) is 12.2. The van der Waals surface area contributed by atoms with E-state index in [0.717, 1.165) is 26.0 Å². The summed E-state index contributed by atoms with van der Waals surface area (Å²) in [6.45, 7) is 8.62. The second-order valence-electron chi connectivity index (χ2n) is 5.46. The van der Waals surface area contributed by atoms with Crippen LogP contribution in [0.2, 0.25) is 0 Å². The Labute approximate surface area is 151 Å². The number of hydrogen-bond acceptors (Lipinski definition) is 2. The van der Waals surface area contributed by atoms with Crippen LogP contribution in [-0.2, 0) is 11.2 Å². The molecule has 3 N–H and O–H groups in total. The van der Waals surface area contributed by atoms with E-state index in [-0.39, 0.29) is 30.1 Å². The summed E-state index contributed by atoms with van der Waals surface area (Å²) >= 11 is 0. The number of rotatable bonds is 9. The number of nitrogens with zero attached hydrogens (tertiary/aromatic N) is 1. The maximum Gasteiger partial charge on any atom is 0.188 e. The summed E-state index contributed by atoms with van der Waals surface area (Å²) < 4.78 is 5.69. The van der Waals surface area contributed by atoms with E-state index in [1.807, 2.05) is 25.1 Å². The molecule has 0 aliphatic heterocycles. The lowest BCUT2D eigenvalue weighted by Crippen LogP contribution is -2.33. The second kappa shape index (κ2) is 12.7. The molecule has 0 spiro atoms. The van der Waals surface area contributed by atoms with Gasteiger partial charge in [-0.05, 0) is 31.2 Å². The molecule has 0 bridgehead atoms. The van der Waals surface area contributed by atoms with Crippen molar-refractivity contribution < 1.29 is 4.74 Å². The van der Waals surface area contributed by atoms with Crippen molar-refractivity contribution in [1.29, 1.82) is 0 Å². The Morgan fingerprint density at radius 2 is 1.95 bits per heavy atom. The number of hydrogen-bond donors (Lipinski definition) is 2. The topological polar surface area (TPSA) is 59.6 Å². The van der Waals surface area contributed by atoms with Crippen LogP contribution in [0.3, 0.4) is 0 Å². The largest absolute Gasteiger partial charge is 0.378 e. The summed E-state index contributed by atoms with van der Waals surface area (Å²) in [5.74, 6) is 1.03. The fraction of sp³-hybridized carbons (Fsp3) is 0.588. The Morgan fingerprint density at radius 1 is 1.27 bits per heavy atom. The molecule has 1 unspecified atom stereocenters. The van der Waals surface area contributed by atoms with Crippen molar-refractivity contribution in [2.45, 2.75) is 39.7 Å². The first-order valence-corrected chi connectivity index (χ1v) is 7.82. The zero-order chi connectivity index (χ0) is 15.5. The molecular weight excluding hydrogens is 389 g/mol. The van der Waals surface area contributed by atoms with Crippen LogP contribution in [0.4, 0.5) is 0 Å². The van der Waals surface area contributed by atoms with Crippen LogP contribution in [0.15, 0.2) is 35.3 Å². The molecule has 0 saturated heterocycles. The molecule has 4 nitrogen and oxygen atoms in total. The highest BCUT2D eigenvalue weighted by Gasteiger charge is 2.12. The highest BCUT2D eigenvalue weighted by atomic mass is 127. The summed E-state index contributed by atoms with van der Waals surface area (Å²) in [4.78, 5) is 4.36. The number of aliphatic imine (C=N–C) groups is 1. The van der Waals surface area contributed by atoms with Crippen LogP contribution in [0.5, 0.6) is 0 Å². The van der Waals surface area contributed by atoms with Gasteiger partial charge in [0.25, 0.3) is 0 Å². The monoisotopic (exact) mass is 419 g/mol. The molecular formula is C17H30IN3O. The van der Waals surface area contributed by atoms with Crippen molar-refractivity contribution in [2.24, 2.45) is 16.6 Å². The van der Waals surface area contributed by atoms with Gasteiger partial charge in [0.2, 0.25) is 0 Å². The Bertz CT molecular complexity index is 410. The van der Waals surface area contributed by atoms with E-state index in [9.17, 15) is 0 Å². The third-order valence-electron chi connectivity index (χ3n) is 3.38. The van der Waals surface area contributed by atoms with Crippen LogP contribution >= 0.6 is 24.0 Å². The number of benzene rings is 1. The minimum atomic E-state index is 0. The zero-order valence-electron chi connectivity index (χ0n) is 13.9. The molecule has 5 heteroatoms. The SMILES string of the molecule is CCOC(CCN=C(N)NCCc1ccccc1)C(C)C.I. The lowest BCUT2D eigenvalue weighted by Gasteiger charge is -2.19. The van der Waals surface area contributed by atoms with E-state index in [1.54, 1.807) is 0 Å². The van der Waals surface area contributed by atoms with E-state index in [4.69, 9.17) is 10.5 Å². The van der Waals surface area contributed by atoms with Gasteiger partial charge in [0, 0.05) is 19.7 Å². The molecule has 0 aliphatic carbocycles. The van der Waals surface area contributed by atoms with Gasteiger partial charge in [0.15, 0.2) is 5.96 Å². The predicted molar refractivity (Wildman–Crippen MR) is 105 cm³/mol. The van der Waals surface area contributed by atoms with Crippen LogP contribution in [0, 0.1) is 5.92 Å². The quantitative estimate of drug-likeness (QED) is 0.367. The summed E-state index contributed by atoms with van der Waals surface area (Å²) in [6.07, 6.45) is 2.12. The first kappa shape index (κ1) is 21.2. The summed E-state index contributed by atoms with van der Waals surface area (Å²) in [5, 5.41) is 3.15. The average Bonchev–Trinajstić information content (AvgIpc) is 2.47. The maximum atomic E-state index is 5.87. The fourth-order valence-electron chi connectivity index (χ4n) is 2.17. The molecule has 0 amide bonds. The molecule has 0 radical (unpaired) electrons. The van der Waals surface area contributed by atoms with Gasteiger partial charge in [-0.1, -0.05) is 44.2 Å². The summed E-state index contributed by atoms with van der Waals surface area (Å²) in [5.41, 5.74) is 7.17. The Balaban J connectivity index is 0.00000441. The number of ether oxygens (including phenoxy) is 1. The Hall–Kier alpha value is -0.820. The van der Waals surface area contributed by atoms with E-state index in [2.05, 4.69) is 36.3 Å². The number of nitrogens with one attached hydrogen (secondary N) is 1. The third kappa shape index (κ3) is 9.25. The number of guanidine groups is 1. The summed E-state index contributed by atoms with van der Waals surface area (Å²) in [7, 11) is 0. The molecule has 22 heavy (non-hydrogen) atoms. The zero-order valence-corrected chi connectivity index (χ0v) is 16.2. The van der Waals surface area contributed by atoms with Gasteiger partial charge in [-0.3, -0.25) is 4.99 Å². The molecule has 1 rings (SSSR count). The first-order chi connectivity index (χ1) is 10.1. The lowest BCUT2D eigenvalue weighted by molar-refractivity contribution is 0.0266. The highest BCUT2D eigenvalue weighted by Crippen LogP contribution is 2.10. The smallest absolute Gasteiger partial charge is 0.188 e. The number of halogens is 1. The van der Waals surface area contributed by atoms with Crippen LogP contribution in [0.1, 0.15) is 32.8 Å². The minimum Gasteiger partial charge on any atom is -0.378 e. The molecule has 0 aliphatic rings. The third-order valence-corrected chi connectivity index (χ3v) is 3.38. The highest BCUT2D eigenvalue weighted by molar-refractivity contribution is 14.0. The molecule has 1 atom stereocenters. The summed E-state index contributed by atoms with van der Waals surface area (Å²) in [6, 6.07) is 10.4.